The number of anilines is 2. The average Bonchev–Trinajstić information content (AvgIpc) is 3.43. The third kappa shape index (κ3) is 4.12. The fraction of sp³-hybridized carbons (Fsp3) is 0.267. The van der Waals surface area contributed by atoms with E-state index in [1.165, 1.54) is 16.6 Å². The van der Waals surface area contributed by atoms with Crippen LogP contribution in [-0.2, 0) is 6.42 Å². The maximum absolute atomic E-state index is 14.0. The summed E-state index contributed by atoms with van der Waals surface area (Å²) in [5.41, 5.74) is 6.06. The number of aromatic amines is 1. The van der Waals surface area contributed by atoms with Crippen LogP contribution < -0.4 is 10.2 Å². The van der Waals surface area contributed by atoms with E-state index in [1.54, 1.807) is 24.3 Å². The molecule has 3 heterocycles. The van der Waals surface area contributed by atoms with Crippen LogP contribution in [0, 0.1) is 11.3 Å². The number of hydrogen-bond acceptors (Lipinski definition) is 5. The smallest absolute Gasteiger partial charge is 0.182 e. The highest BCUT2D eigenvalue weighted by atomic mass is 16.1. The lowest BCUT2D eigenvalue weighted by Crippen LogP contribution is -2.58. The summed E-state index contributed by atoms with van der Waals surface area (Å²) in [6, 6.07) is 25.9. The van der Waals surface area contributed by atoms with Gasteiger partial charge in [-0.3, -0.25) is 9.69 Å². The third-order valence-corrected chi connectivity index (χ3v) is 7.65. The van der Waals surface area contributed by atoms with E-state index < -0.39 is 0 Å². The van der Waals surface area contributed by atoms with Crippen LogP contribution in [0.3, 0.4) is 0 Å². The second kappa shape index (κ2) is 9.52. The average molecular weight is 476 g/mol. The molecule has 0 saturated carbocycles. The summed E-state index contributed by atoms with van der Waals surface area (Å²) in [5, 5.41) is 14.1. The van der Waals surface area contributed by atoms with Gasteiger partial charge in [-0.1, -0.05) is 36.4 Å². The Balaban J connectivity index is 1.26. The zero-order valence-electron chi connectivity index (χ0n) is 20.2. The van der Waals surface area contributed by atoms with Crippen molar-refractivity contribution in [3.63, 3.8) is 0 Å². The maximum atomic E-state index is 14.0. The maximum Gasteiger partial charge on any atom is 0.182 e. The number of carbonyl (C=O) groups excluding carboxylic acids is 1. The Labute approximate surface area is 211 Å². The molecular formula is C30H29N5O. The number of nitriles is 1. The molecular weight excluding hydrogens is 446 g/mol. The number of Topliss-reactive ketones (excluding diaryl/α,β-unsaturated/α-hetero) is 1. The number of para-hydroxylation sites is 1. The molecule has 36 heavy (non-hydrogen) atoms. The molecule has 6 nitrogen and oxygen atoms in total. The Morgan fingerprint density at radius 2 is 1.75 bits per heavy atom. The van der Waals surface area contributed by atoms with Crippen LogP contribution >= 0.6 is 0 Å². The van der Waals surface area contributed by atoms with Gasteiger partial charge in [-0.25, -0.2) is 0 Å². The van der Waals surface area contributed by atoms with Crippen molar-refractivity contribution in [3.8, 4) is 6.07 Å². The summed E-state index contributed by atoms with van der Waals surface area (Å²) in [7, 11) is 0. The van der Waals surface area contributed by atoms with Crippen LogP contribution in [0.25, 0.3) is 10.9 Å². The summed E-state index contributed by atoms with van der Waals surface area (Å²) in [6.07, 6.45) is 3.86. The van der Waals surface area contributed by atoms with Crippen molar-refractivity contribution in [2.75, 3.05) is 36.4 Å². The van der Waals surface area contributed by atoms with Gasteiger partial charge in [0.25, 0.3) is 0 Å². The number of hydrogen-bond donors (Lipinski definition) is 2. The van der Waals surface area contributed by atoms with E-state index in [-0.39, 0.29) is 17.9 Å². The topological polar surface area (TPSA) is 75.2 Å². The molecule has 6 heteroatoms. The van der Waals surface area contributed by atoms with Gasteiger partial charge < -0.3 is 15.2 Å². The lowest BCUT2D eigenvalue weighted by atomic mass is 9.88. The van der Waals surface area contributed by atoms with Gasteiger partial charge in [0.15, 0.2) is 5.78 Å². The lowest BCUT2D eigenvalue weighted by Gasteiger charge is -2.44. The standard InChI is InChI=1S/C30H29N5O/c31-20-21-8-10-23(11-9-21)30(36)29(27-13-12-22-4-1-2-5-25(22)33-27)35-18-16-34(17-19-35)28-7-3-6-26-24(28)14-15-32-26/h1-11,14-15,27,29,32-33H,12-13,16-19H2. The van der Waals surface area contributed by atoms with Crippen molar-refractivity contribution in [1.82, 2.24) is 9.88 Å². The Bertz CT molecular complexity index is 1430. The zero-order chi connectivity index (χ0) is 24.5. The van der Waals surface area contributed by atoms with Crippen molar-refractivity contribution >= 4 is 28.1 Å². The van der Waals surface area contributed by atoms with Crippen LogP contribution in [0.4, 0.5) is 11.4 Å². The fourth-order valence-corrected chi connectivity index (χ4v) is 5.77. The first-order valence-corrected chi connectivity index (χ1v) is 12.7. The fourth-order valence-electron chi connectivity index (χ4n) is 5.77. The molecule has 4 aromatic rings. The van der Waals surface area contributed by atoms with Gasteiger partial charge in [-0.05, 0) is 54.8 Å². The highest BCUT2D eigenvalue weighted by Gasteiger charge is 2.37. The SMILES string of the molecule is N#Cc1ccc(C(=O)C(C2CCc3ccccc3N2)N2CCN(c3cccc4[nH]ccc34)CC2)cc1. The molecule has 2 unspecified atom stereocenters. The number of ketones is 1. The van der Waals surface area contributed by atoms with Gasteiger partial charge in [0.05, 0.1) is 17.7 Å². The van der Waals surface area contributed by atoms with E-state index in [1.807, 2.05) is 12.3 Å². The minimum absolute atomic E-state index is 0.0303. The third-order valence-electron chi connectivity index (χ3n) is 7.65. The minimum atomic E-state index is -0.267. The first-order valence-electron chi connectivity index (χ1n) is 12.7. The van der Waals surface area contributed by atoms with Gasteiger partial charge in [0.2, 0.25) is 0 Å². The van der Waals surface area contributed by atoms with Crippen molar-refractivity contribution in [2.24, 2.45) is 0 Å². The van der Waals surface area contributed by atoms with Crippen molar-refractivity contribution in [2.45, 2.75) is 24.9 Å². The van der Waals surface area contributed by atoms with Crippen LogP contribution in [0.5, 0.6) is 0 Å². The Hall–Kier alpha value is -4.08. The molecule has 2 N–H and O–H groups in total. The lowest BCUT2D eigenvalue weighted by molar-refractivity contribution is 0.0771. The number of nitrogens with one attached hydrogen (secondary N) is 2. The minimum Gasteiger partial charge on any atom is -0.380 e. The Kier molecular flexibility index (Phi) is 5.92. The van der Waals surface area contributed by atoms with Crippen molar-refractivity contribution in [3.05, 3.63) is 95.7 Å². The number of nitrogens with zero attached hydrogens (tertiary/aromatic N) is 3. The summed E-state index contributed by atoms with van der Waals surface area (Å²) in [4.78, 5) is 22.1. The molecule has 1 aromatic heterocycles. The van der Waals surface area contributed by atoms with Crippen LogP contribution in [0.15, 0.2) is 79.0 Å². The summed E-state index contributed by atoms with van der Waals surface area (Å²) in [5.74, 6) is 0.123. The number of fused-ring (bicyclic) bond motifs is 2. The van der Waals surface area contributed by atoms with E-state index in [4.69, 9.17) is 0 Å². The molecule has 2 atom stereocenters. The molecule has 0 aliphatic carbocycles. The quantitative estimate of drug-likeness (QED) is 0.404. The summed E-state index contributed by atoms with van der Waals surface area (Å²) < 4.78 is 0. The number of rotatable bonds is 5. The van der Waals surface area contributed by atoms with Gasteiger partial charge >= 0.3 is 0 Å². The highest BCUT2D eigenvalue weighted by molar-refractivity contribution is 6.01. The van der Waals surface area contributed by atoms with E-state index in [0.29, 0.717) is 11.1 Å². The van der Waals surface area contributed by atoms with Crippen molar-refractivity contribution in [1.29, 1.82) is 5.26 Å². The van der Waals surface area contributed by atoms with E-state index in [0.717, 1.165) is 50.2 Å². The molecule has 1 fully saturated rings. The number of aryl methyl sites for hydroxylation is 1. The van der Waals surface area contributed by atoms with Gasteiger partial charge in [0.1, 0.15) is 0 Å². The first-order chi connectivity index (χ1) is 17.7. The van der Waals surface area contributed by atoms with E-state index in [2.05, 4.69) is 68.6 Å². The molecule has 6 rings (SSSR count). The molecule has 0 amide bonds. The van der Waals surface area contributed by atoms with Crippen LogP contribution in [0.2, 0.25) is 0 Å². The predicted octanol–water partition coefficient (Wildman–Crippen LogP) is 4.84. The van der Waals surface area contributed by atoms with Gasteiger partial charge in [0, 0.05) is 66.3 Å². The van der Waals surface area contributed by atoms with Crippen LogP contribution in [0.1, 0.15) is 27.9 Å². The number of carbonyl (C=O) groups is 1. The Morgan fingerprint density at radius 3 is 2.56 bits per heavy atom. The zero-order valence-corrected chi connectivity index (χ0v) is 20.2. The predicted molar refractivity (Wildman–Crippen MR) is 144 cm³/mol. The Morgan fingerprint density at radius 1 is 0.944 bits per heavy atom. The second-order valence-corrected chi connectivity index (χ2v) is 9.68. The molecule has 2 aliphatic heterocycles. The highest BCUT2D eigenvalue weighted by Crippen LogP contribution is 2.31. The van der Waals surface area contributed by atoms with Crippen molar-refractivity contribution < 1.29 is 4.79 Å². The molecule has 2 aliphatic rings. The number of benzene rings is 3. The number of H-pyrrole nitrogens is 1. The van der Waals surface area contributed by atoms with E-state index >= 15 is 0 Å². The van der Waals surface area contributed by atoms with Gasteiger partial charge in [-0.2, -0.15) is 5.26 Å². The molecule has 0 bridgehead atoms. The molecule has 180 valence electrons. The number of aromatic nitrogens is 1. The van der Waals surface area contributed by atoms with E-state index in [9.17, 15) is 10.1 Å². The normalized spacial score (nSPS) is 18.8. The molecule has 3 aromatic carbocycles. The molecule has 1 saturated heterocycles. The second-order valence-electron chi connectivity index (χ2n) is 9.68. The summed E-state index contributed by atoms with van der Waals surface area (Å²) >= 11 is 0. The van der Waals surface area contributed by atoms with Gasteiger partial charge in [-0.15, -0.1) is 0 Å². The summed E-state index contributed by atoms with van der Waals surface area (Å²) in [6.45, 7) is 3.36. The molecule has 0 spiro atoms. The first kappa shape index (κ1) is 22.4. The molecule has 0 radical (unpaired) electrons. The number of piperazine rings is 1. The van der Waals surface area contributed by atoms with Crippen LogP contribution in [-0.4, -0.2) is 53.9 Å². The largest absolute Gasteiger partial charge is 0.380 e. The monoisotopic (exact) mass is 475 g/mol.